The van der Waals surface area contributed by atoms with Crippen LogP contribution < -0.4 is 5.73 Å². The number of rotatable bonds is 3. The quantitative estimate of drug-likeness (QED) is 0.842. The lowest BCUT2D eigenvalue weighted by Gasteiger charge is -2.10. The molecule has 0 saturated carbocycles. The highest BCUT2D eigenvalue weighted by Crippen LogP contribution is 2.25. The third-order valence-electron chi connectivity index (χ3n) is 3.02. The Morgan fingerprint density at radius 3 is 2.58 bits per heavy atom. The maximum Gasteiger partial charge on any atom is 0.165 e. The van der Waals surface area contributed by atoms with E-state index in [1.807, 2.05) is 18.7 Å². The van der Waals surface area contributed by atoms with Crippen molar-refractivity contribution in [2.45, 2.75) is 27.2 Å². The summed E-state index contributed by atoms with van der Waals surface area (Å²) in [5, 5.41) is 4.23. The molecule has 0 aromatic carbocycles. The molecule has 2 aromatic rings. The molecule has 0 saturated heterocycles. The minimum absolute atomic E-state index is 0.533. The molecule has 0 bridgehead atoms. The average Bonchev–Trinajstić information content (AvgIpc) is 2.65. The van der Waals surface area contributed by atoms with E-state index >= 15 is 0 Å². The second-order valence-corrected chi connectivity index (χ2v) is 6.14. The lowest BCUT2D eigenvalue weighted by molar-refractivity contribution is 0.632. The van der Waals surface area contributed by atoms with E-state index in [0.29, 0.717) is 17.6 Å². The third kappa shape index (κ3) is 2.88. The third-order valence-corrected chi connectivity index (χ3v) is 4.20. The molecule has 5 nitrogen and oxygen atoms in total. The molecule has 2 N–H and O–H groups in total. The molecular weight excluding hydrogens is 353 g/mol. The van der Waals surface area contributed by atoms with Crippen LogP contribution in [0.1, 0.15) is 25.2 Å². The Hall–Kier alpha value is -1.18. The first-order valence-electron chi connectivity index (χ1n) is 6.21. The zero-order valence-electron chi connectivity index (χ0n) is 11.6. The van der Waals surface area contributed by atoms with Crippen LogP contribution in [-0.2, 0) is 13.5 Å². The van der Waals surface area contributed by atoms with E-state index in [1.165, 1.54) is 0 Å². The second kappa shape index (κ2) is 5.44. The molecule has 0 aliphatic carbocycles. The average molecular weight is 371 g/mol. The number of nitrogens with zero attached hydrogens (tertiary/aromatic N) is 4. The molecule has 6 heteroatoms. The smallest absolute Gasteiger partial charge is 0.165 e. The van der Waals surface area contributed by atoms with Gasteiger partial charge < -0.3 is 5.73 Å². The maximum atomic E-state index is 6.01. The predicted molar refractivity (Wildman–Crippen MR) is 84.6 cm³/mol. The zero-order valence-corrected chi connectivity index (χ0v) is 13.8. The minimum atomic E-state index is 0.533. The second-order valence-electron chi connectivity index (χ2n) is 5.06. The van der Waals surface area contributed by atoms with E-state index in [9.17, 15) is 0 Å². The summed E-state index contributed by atoms with van der Waals surface area (Å²) in [5.74, 6) is 1.74. The van der Waals surface area contributed by atoms with E-state index in [4.69, 9.17) is 5.73 Å². The van der Waals surface area contributed by atoms with Gasteiger partial charge in [0.1, 0.15) is 5.82 Å². The molecule has 102 valence electrons. The molecule has 0 fully saturated rings. The van der Waals surface area contributed by atoms with Crippen molar-refractivity contribution >= 4 is 28.4 Å². The Morgan fingerprint density at radius 2 is 2.05 bits per heavy atom. The molecule has 2 heterocycles. The van der Waals surface area contributed by atoms with Crippen LogP contribution in [0.3, 0.4) is 0 Å². The first-order valence-corrected chi connectivity index (χ1v) is 7.29. The SMILES string of the molecule is Cc1c(-c2nc(N)c(I)c(CC(C)C)n2)cnn1C. The number of aromatic nitrogens is 4. The van der Waals surface area contributed by atoms with Crippen LogP contribution in [0.25, 0.3) is 11.4 Å². The van der Waals surface area contributed by atoms with Gasteiger partial charge in [-0.05, 0) is 41.9 Å². The Balaban J connectivity index is 2.53. The number of halogens is 1. The summed E-state index contributed by atoms with van der Waals surface area (Å²) >= 11 is 2.22. The van der Waals surface area contributed by atoms with Crippen molar-refractivity contribution in [1.82, 2.24) is 19.7 Å². The van der Waals surface area contributed by atoms with Crippen molar-refractivity contribution in [1.29, 1.82) is 0 Å². The van der Waals surface area contributed by atoms with Gasteiger partial charge in [0.2, 0.25) is 0 Å². The molecule has 0 aliphatic heterocycles. The first-order chi connectivity index (χ1) is 8.90. The van der Waals surface area contributed by atoms with Crippen LogP contribution in [0.15, 0.2) is 6.20 Å². The van der Waals surface area contributed by atoms with E-state index in [-0.39, 0.29) is 0 Å². The summed E-state index contributed by atoms with van der Waals surface area (Å²) in [6.07, 6.45) is 2.69. The van der Waals surface area contributed by atoms with Crippen molar-refractivity contribution < 1.29 is 0 Å². The van der Waals surface area contributed by atoms with Gasteiger partial charge in [0.25, 0.3) is 0 Å². The molecule has 0 radical (unpaired) electrons. The van der Waals surface area contributed by atoms with E-state index in [2.05, 4.69) is 51.5 Å². The van der Waals surface area contributed by atoms with Crippen LogP contribution in [0, 0.1) is 16.4 Å². The van der Waals surface area contributed by atoms with Gasteiger partial charge in [-0.25, -0.2) is 9.97 Å². The van der Waals surface area contributed by atoms with Crippen LogP contribution in [0.4, 0.5) is 5.82 Å². The first kappa shape index (κ1) is 14.2. The molecule has 0 aliphatic rings. The monoisotopic (exact) mass is 371 g/mol. The van der Waals surface area contributed by atoms with Crippen LogP contribution in [0.5, 0.6) is 0 Å². The van der Waals surface area contributed by atoms with Gasteiger partial charge >= 0.3 is 0 Å². The van der Waals surface area contributed by atoms with Crippen molar-refractivity contribution in [3.63, 3.8) is 0 Å². The van der Waals surface area contributed by atoms with Gasteiger partial charge in [0, 0.05) is 12.7 Å². The van der Waals surface area contributed by atoms with Crippen LogP contribution in [-0.4, -0.2) is 19.7 Å². The van der Waals surface area contributed by atoms with Crippen molar-refractivity contribution in [2.24, 2.45) is 13.0 Å². The number of aryl methyl sites for hydroxylation is 1. The number of hydrogen-bond acceptors (Lipinski definition) is 4. The standard InChI is InChI=1S/C13H18IN5/c1-7(2)5-10-11(14)12(15)18-13(17-10)9-6-16-19(4)8(9)3/h6-7H,5H2,1-4H3,(H2,15,17,18). The predicted octanol–water partition coefficient (Wildman–Crippen LogP) is 2.57. The summed E-state index contributed by atoms with van der Waals surface area (Å²) in [5.41, 5.74) is 9.00. The molecule has 0 unspecified atom stereocenters. The number of nitrogen functional groups attached to an aromatic ring is 1. The number of anilines is 1. The fraction of sp³-hybridized carbons (Fsp3) is 0.462. The Labute approximate surface area is 126 Å². The molecule has 0 amide bonds. The van der Waals surface area contributed by atoms with Crippen molar-refractivity contribution in [3.05, 3.63) is 21.2 Å². The Bertz CT molecular complexity index is 603. The number of hydrogen-bond donors (Lipinski definition) is 1. The summed E-state index contributed by atoms with van der Waals surface area (Å²) in [6, 6.07) is 0. The summed E-state index contributed by atoms with van der Waals surface area (Å²) in [4.78, 5) is 9.06. The topological polar surface area (TPSA) is 69.6 Å². The molecule has 0 atom stereocenters. The van der Waals surface area contributed by atoms with E-state index in [0.717, 1.165) is 26.9 Å². The lowest BCUT2D eigenvalue weighted by atomic mass is 10.1. The highest BCUT2D eigenvalue weighted by molar-refractivity contribution is 14.1. The van der Waals surface area contributed by atoms with Gasteiger partial charge in [0.05, 0.1) is 21.0 Å². The maximum absolute atomic E-state index is 6.01. The molecule has 2 rings (SSSR count). The number of nitrogens with two attached hydrogens (primary N) is 1. The largest absolute Gasteiger partial charge is 0.383 e. The highest BCUT2D eigenvalue weighted by Gasteiger charge is 2.15. The Morgan fingerprint density at radius 1 is 1.37 bits per heavy atom. The van der Waals surface area contributed by atoms with Crippen molar-refractivity contribution in [3.8, 4) is 11.4 Å². The fourth-order valence-electron chi connectivity index (χ4n) is 1.87. The van der Waals surface area contributed by atoms with E-state index in [1.54, 1.807) is 6.20 Å². The van der Waals surface area contributed by atoms with E-state index < -0.39 is 0 Å². The molecule has 19 heavy (non-hydrogen) atoms. The fourth-order valence-corrected chi connectivity index (χ4v) is 2.33. The van der Waals surface area contributed by atoms with Gasteiger partial charge in [-0.2, -0.15) is 5.10 Å². The zero-order chi connectivity index (χ0) is 14.2. The summed E-state index contributed by atoms with van der Waals surface area (Å²) in [6.45, 7) is 6.34. The Kier molecular flexibility index (Phi) is 4.07. The van der Waals surface area contributed by atoms with Crippen molar-refractivity contribution in [2.75, 3.05) is 5.73 Å². The summed E-state index contributed by atoms with van der Waals surface area (Å²) < 4.78 is 2.77. The summed E-state index contributed by atoms with van der Waals surface area (Å²) in [7, 11) is 1.91. The normalized spacial score (nSPS) is 11.3. The van der Waals surface area contributed by atoms with Gasteiger partial charge in [0.15, 0.2) is 5.82 Å². The highest BCUT2D eigenvalue weighted by atomic mass is 127. The van der Waals surface area contributed by atoms with Gasteiger partial charge in [-0.1, -0.05) is 13.8 Å². The minimum Gasteiger partial charge on any atom is -0.383 e. The van der Waals surface area contributed by atoms with Crippen LogP contribution in [0.2, 0.25) is 0 Å². The van der Waals surface area contributed by atoms with Gasteiger partial charge in [-0.3, -0.25) is 4.68 Å². The van der Waals surface area contributed by atoms with Crippen LogP contribution >= 0.6 is 22.6 Å². The van der Waals surface area contributed by atoms with Gasteiger partial charge in [-0.15, -0.1) is 0 Å². The molecule has 0 spiro atoms. The molecule has 2 aromatic heterocycles. The molecular formula is C13H18IN5. The lowest BCUT2D eigenvalue weighted by Crippen LogP contribution is -2.08.